The molecule has 2 heterocycles. The molecule has 0 bridgehead atoms. The molecule has 0 spiro atoms. The number of carbonyl (C=O) groups is 1. The van der Waals surface area contributed by atoms with Gasteiger partial charge >= 0.3 is 0 Å². The smallest absolute Gasteiger partial charge is 0.249 e. The lowest BCUT2D eigenvalue weighted by atomic mass is 10.1. The van der Waals surface area contributed by atoms with Crippen LogP contribution in [0.5, 0.6) is 0 Å². The normalized spacial score (nSPS) is 30.0. The summed E-state index contributed by atoms with van der Waals surface area (Å²) in [5, 5.41) is 2.72. The van der Waals surface area contributed by atoms with E-state index in [2.05, 4.69) is 10.3 Å². The van der Waals surface area contributed by atoms with Crippen LogP contribution in [0, 0.1) is 5.92 Å². The third kappa shape index (κ3) is 0.512. The van der Waals surface area contributed by atoms with E-state index in [1.165, 1.54) is 0 Å². The van der Waals surface area contributed by atoms with Crippen LogP contribution in [0.1, 0.15) is 0 Å². The summed E-state index contributed by atoms with van der Waals surface area (Å²) in [6.07, 6.45) is 3.43. The van der Waals surface area contributed by atoms with Crippen LogP contribution in [-0.4, -0.2) is 18.7 Å². The molecule has 3 heteroatoms. The third-order valence-corrected chi connectivity index (χ3v) is 1.62. The fourth-order valence-corrected chi connectivity index (χ4v) is 1.10. The molecule has 0 radical (unpaired) electrons. The molecule has 0 aromatic rings. The van der Waals surface area contributed by atoms with E-state index in [4.69, 9.17) is 0 Å². The molecule has 2 aliphatic heterocycles. The quantitative estimate of drug-likeness (QED) is 0.471. The number of hydrogen-bond donors (Lipinski definition) is 1. The van der Waals surface area contributed by atoms with Gasteiger partial charge in [0.1, 0.15) is 0 Å². The van der Waals surface area contributed by atoms with Crippen molar-refractivity contribution in [3.8, 4) is 0 Å². The molecular formula is C6H6N2O. The zero-order chi connectivity index (χ0) is 6.27. The second-order valence-electron chi connectivity index (χ2n) is 2.20. The summed E-state index contributed by atoms with van der Waals surface area (Å²) in [6, 6.07) is 0. The van der Waals surface area contributed by atoms with Crippen molar-refractivity contribution in [3.63, 3.8) is 0 Å². The van der Waals surface area contributed by atoms with E-state index in [1.807, 2.05) is 0 Å². The number of nitrogens with zero attached hydrogens (tertiary/aromatic N) is 1. The van der Waals surface area contributed by atoms with Crippen molar-refractivity contribution in [1.29, 1.82) is 0 Å². The Balaban J connectivity index is 2.38. The van der Waals surface area contributed by atoms with Crippen LogP contribution in [-0.2, 0) is 4.79 Å². The van der Waals surface area contributed by atoms with Gasteiger partial charge < -0.3 is 5.32 Å². The van der Waals surface area contributed by atoms with Gasteiger partial charge in [-0.2, -0.15) is 0 Å². The summed E-state index contributed by atoms with van der Waals surface area (Å²) in [5.41, 5.74) is 0.815. The van der Waals surface area contributed by atoms with E-state index in [0.717, 1.165) is 12.1 Å². The molecule has 2 rings (SSSR count). The monoisotopic (exact) mass is 122 g/mol. The minimum absolute atomic E-state index is 0.0394. The van der Waals surface area contributed by atoms with Crippen LogP contribution in [0.4, 0.5) is 0 Å². The summed E-state index contributed by atoms with van der Waals surface area (Å²) in [4.78, 5) is 14.7. The van der Waals surface area contributed by atoms with Crippen molar-refractivity contribution in [2.75, 3.05) is 6.54 Å². The predicted octanol–water partition coefficient (Wildman–Crippen LogP) is -0.299. The van der Waals surface area contributed by atoms with Gasteiger partial charge in [-0.15, -0.1) is 0 Å². The van der Waals surface area contributed by atoms with Crippen LogP contribution in [0.3, 0.4) is 0 Å². The van der Waals surface area contributed by atoms with Crippen molar-refractivity contribution in [2.24, 2.45) is 10.9 Å². The molecule has 0 aliphatic carbocycles. The van der Waals surface area contributed by atoms with Crippen LogP contribution >= 0.6 is 0 Å². The fourth-order valence-electron chi connectivity index (χ4n) is 1.10. The highest BCUT2D eigenvalue weighted by molar-refractivity contribution is 6.02. The topological polar surface area (TPSA) is 41.5 Å². The minimum Gasteiger partial charge on any atom is -0.351 e. The molecule has 1 fully saturated rings. The zero-order valence-electron chi connectivity index (χ0n) is 4.79. The molecule has 1 N–H and O–H groups in total. The first-order chi connectivity index (χ1) is 4.38. The largest absolute Gasteiger partial charge is 0.351 e. The SMILES string of the molecule is O=C1NCC2C=NC=C12. The Hall–Kier alpha value is -1.12. The molecule has 9 heavy (non-hydrogen) atoms. The van der Waals surface area contributed by atoms with Crippen LogP contribution < -0.4 is 5.32 Å². The highest BCUT2D eigenvalue weighted by Gasteiger charge is 2.28. The summed E-state index contributed by atoms with van der Waals surface area (Å²) in [7, 11) is 0. The molecule has 0 aromatic heterocycles. The first kappa shape index (κ1) is 4.73. The Bertz CT molecular complexity index is 217. The molecule has 1 saturated heterocycles. The van der Waals surface area contributed by atoms with E-state index in [9.17, 15) is 4.79 Å². The lowest BCUT2D eigenvalue weighted by Gasteiger charge is -1.90. The number of rotatable bonds is 0. The van der Waals surface area contributed by atoms with Crippen molar-refractivity contribution in [2.45, 2.75) is 0 Å². The van der Waals surface area contributed by atoms with E-state index in [1.54, 1.807) is 12.4 Å². The summed E-state index contributed by atoms with van der Waals surface area (Å²) < 4.78 is 0. The fraction of sp³-hybridized carbons (Fsp3) is 0.333. The second kappa shape index (κ2) is 1.43. The average molecular weight is 122 g/mol. The Morgan fingerprint density at radius 1 is 1.78 bits per heavy atom. The average Bonchev–Trinajstić information content (AvgIpc) is 2.35. The van der Waals surface area contributed by atoms with Crippen molar-refractivity contribution in [3.05, 3.63) is 11.8 Å². The van der Waals surface area contributed by atoms with Crippen LogP contribution in [0.15, 0.2) is 16.8 Å². The molecule has 3 nitrogen and oxygen atoms in total. The maximum absolute atomic E-state index is 10.8. The Morgan fingerprint density at radius 2 is 2.67 bits per heavy atom. The number of fused-ring (bicyclic) bond motifs is 1. The van der Waals surface area contributed by atoms with Gasteiger partial charge in [-0.05, 0) is 0 Å². The number of aliphatic imine (C=N–C) groups is 1. The molecule has 2 aliphatic rings. The van der Waals surface area contributed by atoms with Crippen LogP contribution in [0.2, 0.25) is 0 Å². The van der Waals surface area contributed by atoms with Gasteiger partial charge in [0.2, 0.25) is 5.91 Å². The maximum Gasteiger partial charge on any atom is 0.249 e. The number of carbonyl (C=O) groups excluding carboxylic acids is 1. The summed E-state index contributed by atoms with van der Waals surface area (Å²) in [5.74, 6) is 0.301. The molecule has 0 saturated carbocycles. The Morgan fingerprint density at radius 3 is 3.44 bits per heavy atom. The summed E-state index contributed by atoms with van der Waals surface area (Å²) in [6.45, 7) is 0.730. The van der Waals surface area contributed by atoms with Crippen molar-refractivity contribution in [1.82, 2.24) is 5.32 Å². The van der Waals surface area contributed by atoms with E-state index < -0.39 is 0 Å². The molecule has 1 amide bonds. The third-order valence-electron chi connectivity index (χ3n) is 1.62. The first-order valence-corrected chi connectivity index (χ1v) is 2.89. The van der Waals surface area contributed by atoms with E-state index in [-0.39, 0.29) is 11.8 Å². The van der Waals surface area contributed by atoms with Crippen LogP contribution in [0.25, 0.3) is 0 Å². The van der Waals surface area contributed by atoms with Gasteiger partial charge in [-0.1, -0.05) is 0 Å². The highest BCUT2D eigenvalue weighted by Crippen LogP contribution is 2.18. The number of hydrogen-bond acceptors (Lipinski definition) is 2. The summed E-state index contributed by atoms with van der Waals surface area (Å²) >= 11 is 0. The molecule has 1 atom stereocenters. The Labute approximate surface area is 52.5 Å². The predicted molar refractivity (Wildman–Crippen MR) is 33.1 cm³/mol. The molecule has 0 aromatic carbocycles. The van der Waals surface area contributed by atoms with Gasteiger partial charge in [0.15, 0.2) is 0 Å². The number of nitrogens with one attached hydrogen (secondary N) is 1. The van der Waals surface area contributed by atoms with Gasteiger partial charge in [0.25, 0.3) is 0 Å². The van der Waals surface area contributed by atoms with Gasteiger partial charge in [-0.3, -0.25) is 9.79 Å². The lowest BCUT2D eigenvalue weighted by molar-refractivity contribution is -0.116. The first-order valence-electron chi connectivity index (χ1n) is 2.89. The van der Waals surface area contributed by atoms with Gasteiger partial charge in [-0.25, -0.2) is 0 Å². The van der Waals surface area contributed by atoms with Crippen molar-refractivity contribution >= 4 is 12.1 Å². The number of amides is 1. The second-order valence-corrected chi connectivity index (χ2v) is 2.20. The van der Waals surface area contributed by atoms with E-state index in [0.29, 0.717) is 0 Å². The standard InChI is InChI=1S/C6H6N2O/c9-6-5-3-7-1-4(5)2-8-6/h1,3-4H,2H2,(H,8,9). The van der Waals surface area contributed by atoms with Crippen molar-refractivity contribution < 1.29 is 4.79 Å². The van der Waals surface area contributed by atoms with Gasteiger partial charge in [0, 0.05) is 30.5 Å². The maximum atomic E-state index is 10.8. The van der Waals surface area contributed by atoms with E-state index >= 15 is 0 Å². The molecule has 46 valence electrons. The zero-order valence-corrected chi connectivity index (χ0v) is 4.79. The molecule has 1 unspecified atom stereocenters. The Kier molecular flexibility index (Phi) is 0.754. The van der Waals surface area contributed by atoms with Gasteiger partial charge in [0.05, 0.1) is 0 Å². The molecular weight excluding hydrogens is 116 g/mol. The lowest BCUT2D eigenvalue weighted by Crippen LogP contribution is -2.14. The minimum atomic E-state index is 0.0394. The highest BCUT2D eigenvalue weighted by atomic mass is 16.2.